The summed E-state index contributed by atoms with van der Waals surface area (Å²) in [4.78, 5) is 20.6. The van der Waals surface area contributed by atoms with Gasteiger partial charge in [0.15, 0.2) is 5.69 Å². The van der Waals surface area contributed by atoms with Crippen molar-refractivity contribution in [2.24, 2.45) is 0 Å². The minimum Gasteiger partial charge on any atom is -0.495 e. The van der Waals surface area contributed by atoms with E-state index in [1.165, 1.54) is 38.0 Å². The molecule has 0 radical (unpaired) electrons. The summed E-state index contributed by atoms with van der Waals surface area (Å²) in [5, 5.41) is 1.79. The van der Waals surface area contributed by atoms with Crippen molar-refractivity contribution in [3.8, 4) is 11.6 Å². The standard InChI is InChI=1S/C11H10N2O3S/c1-15-7-3-6-17-10(7)9(14)8-11(16-2)13-5-4-12-8/h3-6H,1-2H3. The van der Waals surface area contributed by atoms with Gasteiger partial charge in [0.1, 0.15) is 10.6 Å². The lowest BCUT2D eigenvalue weighted by atomic mass is 10.2. The molecular weight excluding hydrogens is 240 g/mol. The van der Waals surface area contributed by atoms with Crippen LogP contribution in [0.4, 0.5) is 0 Å². The monoisotopic (exact) mass is 250 g/mol. The fourth-order valence-corrected chi connectivity index (χ4v) is 2.16. The number of carbonyl (C=O) groups excluding carboxylic acids is 1. The van der Waals surface area contributed by atoms with E-state index in [2.05, 4.69) is 9.97 Å². The zero-order valence-electron chi connectivity index (χ0n) is 9.34. The zero-order valence-corrected chi connectivity index (χ0v) is 10.2. The molecule has 0 fully saturated rings. The molecule has 0 unspecified atom stereocenters. The van der Waals surface area contributed by atoms with Crippen LogP contribution in [0, 0.1) is 0 Å². The van der Waals surface area contributed by atoms with Gasteiger partial charge in [-0.05, 0) is 11.4 Å². The summed E-state index contributed by atoms with van der Waals surface area (Å²) in [5.41, 5.74) is 0.191. The van der Waals surface area contributed by atoms with E-state index in [0.29, 0.717) is 10.6 Å². The summed E-state index contributed by atoms with van der Waals surface area (Å²) in [6.45, 7) is 0. The topological polar surface area (TPSA) is 61.3 Å². The molecule has 2 heterocycles. The van der Waals surface area contributed by atoms with Crippen molar-refractivity contribution in [1.29, 1.82) is 0 Å². The molecule has 0 saturated heterocycles. The highest BCUT2D eigenvalue weighted by Gasteiger charge is 2.21. The summed E-state index contributed by atoms with van der Waals surface area (Å²) >= 11 is 1.30. The minimum atomic E-state index is -0.248. The largest absolute Gasteiger partial charge is 0.495 e. The van der Waals surface area contributed by atoms with Crippen LogP contribution in [0.2, 0.25) is 0 Å². The van der Waals surface area contributed by atoms with E-state index in [4.69, 9.17) is 9.47 Å². The second kappa shape index (κ2) is 4.92. The molecule has 0 bridgehead atoms. The van der Waals surface area contributed by atoms with Gasteiger partial charge in [-0.2, -0.15) is 0 Å². The molecule has 0 saturated carbocycles. The molecule has 5 nitrogen and oxygen atoms in total. The Bertz CT molecular complexity index is 539. The first-order valence-electron chi connectivity index (χ1n) is 4.79. The Morgan fingerprint density at radius 3 is 2.71 bits per heavy atom. The Balaban J connectivity index is 2.44. The molecule has 17 heavy (non-hydrogen) atoms. The first-order chi connectivity index (χ1) is 8.27. The van der Waals surface area contributed by atoms with E-state index in [9.17, 15) is 4.79 Å². The molecule has 2 rings (SSSR count). The van der Waals surface area contributed by atoms with E-state index in [0.717, 1.165) is 0 Å². The lowest BCUT2D eigenvalue weighted by Crippen LogP contribution is -2.07. The van der Waals surface area contributed by atoms with Gasteiger partial charge in [0.05, 0.1) is 14.2 Å². The Hall–Kier alpha value is -1.95. The highest BCUT2D eigenvalue weighted by Crippen LogP contribution is 2.28. The molecule has 0 aromatic carbocycles. The van der Waals surface area contributed by atoms with E-state index >= 15 is 0 Å². The van der Waals surface area contributed by atoms with Crippen LogP contribution in [0.25, 0.3) is 0 Å². The summed E-state index contributed by atoms with van der Waals surface area (Å²) in [5.74, 6) is 0.502. The maximum Gasteiger partial charge on any atom is 0.243 e. The SMILES string of the molecule is COc1ccsc1C(=O)c1nccnc1OC. The number of ether oxygens (including phenoxy) is 2. The van der Waals surface area contributed by atoms with Crippen molar-refractivity contribution in [2.45, 2.75) is 0 Å². The predicted molar refractivity (Wildman–Crippen MR) is 62.9 cm³/mol. The molecular formula is C11H10N2O3S. The predicted octanol–water partition coefficient (Wildman–Crippen LogP) is 1.79. The van der Waals surface area contributed by atoms with E-state index in [1.54, 1.807) is 11.4 Å². The fourth-order valence-electron chi connectivity index (χ4n) is 1.36. The Morgan fingerprint density at radius 1 is 1.24 bits per heavy atom. The van der Waals surface area contributed by atoms with Gasteiger partial charge in [-0.3, -0.25) is 4.79 Å². The molecule has 0 amide bonds. The van der Waals surface area contributed by atoms with Crippen molar-refractivity contribution in [3.63, 3.8) is 0 Å². The number of methoxy groups -OCH3 is 2. The molecule has 0 aliphatic heterocycles. The average molecular weight is 250 g/mol. The van der Waals surface area contributed by atoms with Gasteiger partial charge in [0.2, 0.25) is 11.7 Å². The first kappa shape index (κ1) is 11.5. The summed E-state index contributed by atoms with van der Waals surface area (Å²) < 4.78 is 10.1. The quantitative estimate of drug-likeness (QED) is 0.774. The van der Waals surface area contributed by atoms with Gasteiger partial charge < -0.3 is 9.47 Å². The second-order valence-corrected chi connectivity index (χ2v) is 3.98. The third-order valence-electron chi connectivity index (χ3n) is 2.13. The van der Waals surface area contributed by atoms with Crippen molar-refractivity contribution in [2.75, 3.05) is 14.2 Å². The molecule has 0 N–H and O–H groups in total. The van der Waals surface area contributed by atoms with Gasteiger partial charge in [0, 0.05) is 12.4 Å². The van der Waals surface area contributed by atoms with E-state index in [-0.39, 0.29) is 17.4 Å². The highest BCUT2D eigenvalue weighted by atomic mass is 32.1. The summed E-state index contributed by atoms with van der Waals surface area (Å²) in [6, 6.07) is 1.74. The van der Waals surface area contributed by atoms with Gasteiger partial charge in [-0.15, -0.1) is 11.3 Å². The second-order valence-electron chi connectivity index (χ2n) is 3.06. The van der Waals surface area contributed by atoms with Crippen molar-refractivity contribution >= 4 is 17.1 Å². The average Bonchev–Trinajstić information content (AvgIpc) is 2.86. The van der Waals surface area contributed by atoms with Crippen LogP contribution in [0.5, 0.6) is 11.6 Å². The number of nitrogens with zero attached hydrogens (tertiary/aromatic N) is 2. The Morgan fingerprint density at radius 2 is 2.00 bits per heavy atom. The van der Waals surface area contributed by atoms with Crippen LogP contribution in [0.15, 0.2) is 23.8 Å². The van der Waals surface area contributed by atoms with Gasteiger partial charge >= 0.3 is 0 Å². The summed E-state index contributed by atoms with van der Waals surface area (Å²) in [6.07, 6.45) is 2.93. The van der Waals surface area contributed by atoms with Crippen molar-refractivity contribution < 1.29 is 14.3 Å². The van der Waals surface area contributed by atoms with Crippen molar-refractivity contribution in [1.82, 2.24) is 9.97 Å². The third-order valence-corrected chi connectivity index (χ3v) is 3.02. The smallest absolute Gasteiger partial charge is 0.243 e. The molecule has 88 valence electrons. The number of hydrogen-bond acceptors (Lipinski definition) is 6. The fraction of sp³-hybridized carbons (Fsp3) is 0.182. The maximum absolute atomic E-state index is 12.2. The number of aromatic nitrogens is 2. The molecule has 2 aromatic heterocycles. The third kappa shape index (κ3) is 2.12. The molecule has 2 aromatic rings. The molecule has 0 spiro atoms. The van der Waals surface area contributed by atoms with Crippen LogP contribution in [0.1, 0.15) is 15.4 Å². The lowest BCUT2D eigenvalue weighted by Gasteiger charge is -2.04. The van der Waals surface area contributed by atoms with Gasteiger partial charge in [-0.1, -0.05) is 0 Å². The highest BCUT2D eigenvalue weighted by molar-refractivity contribution is 7.12. The zero-order chi connectivity index (χ0) is 12.3. The van der Waals surface area contributed by atoms with Crippen LogP contribution < -0.4 is 9.47 Å². The number of rotatable bonds is 4. The Labute approximate surface area is 102 Å². The van der Waals surface area contributed by atoms with Crippen LogP contribution in [-0.4, -0.2) is 30.0 Å². The summed E-state index contributed by atoms with van der Waals surface area (Å²) in [7, 11) is 2.97. The van der Waals surface area contributed by atoms with Crippen LogP contribution in [0.3, 0.4) is 0 Å². The number of carbonyl (C=O) groups is 1. The minimum absolute atomic E-state index is 0.191. The van der Waals surface area contributed by atoms with Crippen molar-refractivity contribution in [3.05, 3.63) is 34.4 Å². The lowest BCUT2D eigenvalue weighted by molar-refractivity contribution is 0.103. The molecule has 0 aliphatic rings. The maximum atomic E-state index is 12.2. The molecule has 0 atom stereocenters. The first-order valence-corrected chi connectivity index (χ1v) is 5.67. The normalized spacial score (nSPS) is 10.0. The number of hydrogen-bond donors (Lipinski definition) is 0. The van der Waals surface area contributed by atoms with Crippen LogP contribution >= 0.6 is 11.3 Å². The molecule has 6 heteroatoms. The Kier molecular flexibility index (Phi) is 3.34. The number of thiophene rings is 1. The van der Waals surface area contributed by atoms with Gasteiger partial charge in [0.25, 0.3) is 0 Å². The van der Waals surface area contributed by atoms with Crippen LogP contribution in [-0.2, 0) is 0 Å². The van der Waals surface area contributed by atoms with E-state index in [1.807, 2.05) is 0 Å². The molecule has 0 aliphatic carbocycles. The van der Waals surface area contributed by atoms with E-state index < -0.39 is 0 Å². The van der Waals surface area contributed by atoms with Gasteiger partial charge in [-0.25, -0.2) is 9.97 Å². The number of ketones is 1.